The molecule has 0 amide bonds. The number of rotatable bonds is 3. The van der Waals surface area contributed by atoms with Crippen molar-refractivity contribution < 1.29 is 0 Å². The van der Waals surface area contributed by atoms with E-state index < -0.39 is 0 Å². The summed E-state index contributed by atoms with van der Waals surface area (Å²) in [5.41, 5.74) is 1.55. The van der Waals surface area contributed by atoms with Crippen LogP contribution in [0.2, 0.25) is 0 Å². The highest BCUT2D eigenvalue weighted by atomic mass is 15.2. The Morgan fingerprint density at radius 1 is 1.16 bits per heavy atom. The Morgan fingerprint density at radius 3 is 2.79 bits per heavy atom. The Hall–Kier alpha value is -1.34. The zero-order valence-corrected chi connectivity index (χ0v) is 12.0. The Bertz CT molecular complexity index is 555. The van der Waals surface area contributed by atoms with Gasteiger partial charge in [0.2, 0.25) is 0 Å². The number of nitrogens with zero attached hydrogens (tertiary/aromatic N) is 1. The second-order valence-electron chi connectivity index (χ2n) is 5.81. The van der Waals surface area contributed by atoms with Crippen molar-refractivity contribution in [2.45, 2.75) is 38.6 Å². The lowest BCUT2D eigenvalue weighted by Gasteiger charge is -2.23. The summed E-state index contributed by atoms with van der Waals surface area (Å²) in [6.07, 6.45) is 2.56. The van der Waals surface area contributed by atoms with E-state index in [0.717, 1.165) is 6.04 Å². The molecule has 1 fully saturated rings. The van der Waals surface area contributed by atoms with Crippen molar-refractivity contribution in [1.29, 1.82) is 0 Å². The average molecular weight is 253 g/mol. The van der Waals surface area contributed by atoms with Crippen molar-refractivity contribution in [3.05, 3.63) is 48.0 Å². The lowest BCUT2D eigenvalue weighted by atomic mass is 9.93. The van der Waals surface area contributed by atoms with E-state index in [-0.39, 0.29) is 0 Å². The molecular formula is C18H23N. The third-order valence-corrected chi connectivity index (χ3v) is 4.70. The summed E-state index contributed by atoms with van der Waals surface area (Å²) in [5.74, 6) is 0.708. The molecule has 19 heavy (non-hydrogen) atoms. The van der Waals surface area contributed by atoms with Crippen molar-refractivity contribution in [2.24, 2.45) is 0 Å². The van der Waals surface area contributed by atoms with Crippen LogP contribution in [0.5, 0.6) is 0 Å². The van der Waals surface area contributed by atoms with Crippen LogP contribution >= 0.6 is 0 Å². The first-order valence-electron chi connectivity index (χ1n) is 7.51. The van der Waals surface area contributed by atoms with Crippen LogP contribution in [-0.4, -0.2) is 24.0 Å². The third kappa shape index (κ3) is 2.40. The van der Waals surface area contributed by atoms with Gasteiger partial charge in [0.05, 0.1) is 0 Å². The van der Waals surface area contributed by atoms with Gasteiger partial charge in [-0.2, -0.15) is 0 Å². The molecule has 0 aromatic heterocycles. The molecule has 0 aliphatic carbocycles. The van der Waals surface area contributed by atoms with Crippen LogP contribution in [-0.2, 0) is 0 Å². The van der Waals surface area contributed by atoms with Crippen molar-refractivity contribution in [3.8, 4) is 0 Å². The third-order valence-electron chi connectivity index (χ3n) is 4.70. The normalized spacial score (nSPS) is 21.9. The highest BCUT2D eigenvalue weighted by Crippen LogP contribution is 2.33. The maximum absolute atomic E-state index is 2.65. The summed E-state index contributed by atoms with van der Waals surface area (Å²) >= 11 is 0. The summed E-state index contributed by atoms with van der Waals surface area (Å²) in [4.78, 5) is 2.65. The molecule has 1 heteroatoms. The van der Waals surface area contributed by atoms with Gasteiger partial charge >= 0.3 is 0 Å². The molecule has 2 aromatic rings. The minimum atomic E-state index is 0.708. The van der Waals surface area contributed by atoms with Gasteiger partial charge in [0.25, 0.3) is 0 Å². The first-order valence-corrected chi connectivity index (χ1v) is 7.51. The maximum Gasteiger partial charge on any atom is 0.00645 e. The highest BCUT2D eigenvalue weighted by molar-refractivity contribution is 5.86. The molecule has 3 rings (SSSR count). The number of likely N-dealkylation sites (tertiary alicyclic amines) is 1. The molecule has 1 nitrogen and oxygen atoms in total. The smallest absolute Gasteiger partial charge is 0.00645 e. The Morgan fingerprint density at radius 2 is 1.95 bits per heavy atom. The van der Waals surface area contributed by atoms with E-state index in [1.54, 1.807) is 5.56 Å². The summed E-state index contributed by atoms with van der Waals surface area (Å²) < 4.78 is 0. The Balaban J connectivity index is 1.90. The molecule has 2 unspecified atom stereocenters. The molecule has 1 aliphatic rings. The molecule has 0 spiro atoms. The number of fused-ring (bicyclic) bond motifs is 1. The summed E-state index contributed by atoms with van der Waals surface area (Å²) in [6.45, 7) is 7.12. The van der Waals surface area contributed by atoms with Crippen molar-refractivity contribution >= 4 is 10.8 Å². The fourth-order valence-corrected chi connectivity index (χ4v) is 3.31. The Kier molecular flexibility index (Phi) is 3.56. The van der Waals surface area contributed by atoms with E-state index in [4.69, 9.17) is 0 Å². The van der Waals surface area contributed by atoms with E-state index >= 15 is 0 Å². The number of hydrogen-bond acceptors (Lipinski definition) is 1. The predicted octanol–water partition coefficient (Wildman–Crippen LogP) is 4.43. The van der Waals surface area contributed by atoms with E-state index in [9.17, 15) is 0 Å². The molecule has 0 radical (unpaired) electrons. The molecule has 2 aromatic carbocycles. The van der Waals surface area contributed by atoms with Crippen LogP contribution in [0, 0.1) is 0 Å². The predicted molar refractivity (Wildman–Crippen MR) is 82.6 cm³/mol. The minimum absolute atomic E-state index is 0.708. The molecule has 0 bridgehead atoms. The lowest BCUT2D eigenvalue weighted by Crippen LogP contribution is -2.29. The van der Waals surface area contributed by atoms with Crippen LogP contribution < -0.4 is 0 Å². The van der Waals surface area contributed by atoms with Crippen molar-refractivity contribution in [2.75, 3.05) is 13.1 Å². The van der Waals surface area contributed by atoms with E-state index in [2.05, 4.69) is 61.2 Å². The number of hydrogen-bond donors (Lipinski definition) is 0. The van der Waals surface area contributed by atoms with Crippen LogP contribution in [0.25, 0.3) is 10.8 Å². The molecule has 0 saturated carbocycles. The van der Waals surface area contributed by atoms with Gasteiger partial charge in [-0.1, -0.05) is 49.4 Å². The quantitative estimate of drug-likeness (QED) is 0.782. The molecule has 2 atom stereocenters. The standard InChI is InChI=1S/C18H23N/c1-3-14(2)19-12-11-16(13-19)18-10-6-8-15-7-4-5-9-17(15)18/h4-10,14,16H,3,11-13H2,1-2H3. The molecule has 1 heterocycles. The van der Waals surface area contributed by atoms with Gasteiger partial charge < -0.3 is 4.90 Å². The van der Waals surface area contributed by atoms with E-state index in [1.807, 2.05) is 0 Å². The fraction of sp³-hybridized carbons (Fsp3) is 0.444. The van der Waals surface area contributed by atoms with Crippen LogP contribution in [0.4, 0.5) is 0 Å². The molecule has 0 N–H and O–H groups in total. The van der Waals surface area contributed by atoms with Gasteiger partial charge in [0, 0.05) is 12.6 Å². The lowest BCUT2D eigenvalue weighted by molar-refractivity contribution is 0.250. The van der Waals surface area contributed by atoms with Gasteiger partial charge in [-0.25, -0.2) is 0 Å². The van der Waals surface area contributed by atoms with Gasteiger partial charge in [-0.05, 0) is 48.6 Å². The van der Waals surface area contributed by atoms with Crippen molar-refractivity contribution in [1.82, 2.24) is 4.90 Å². The van der Waals surface area contributed by atoms with Crippen LogP contribution in [0.1, 0.15) is 38.2 Å². The van der Waals surface area contributed by atoms with Gasteiger partial charge in [-0.3, -0.25) is 0 Å². The maximum atomic E-state index is 2.65. The zero-order valence-electron chi connectivity index (χ0n) is 12.0. The SMILES string of the molecule is CCC(C)N1CCC(c2cccc3ccccc23)C1. The van der Waals surface area contributed by atoms with E-state index in [1.165, 1.54) is 36.7 Å². The van der Waals surface area contributed by atoms with Crippen LogP contribution in [0.15, 0.2) is 42.5 Å². The highest BCUT2D eigenvalue weighted by Gasteiger charge is 2.27. The summed E-state index contributed by atoms with van der Waals surface area (Å²) in [7, 11) is 0. The second kappa shape index (κ2) is 5.34. The van der Waals surface area contributed by atoms with Gasteiger partial charge in [0.1, 0.15) is 0 Å². The first-order chi connectivity index (χ1) is 9.29. The molecule has 1 saturated heterocycles. The average Bonchev–Trinajstić information content (AvgIpc) is 2.95. The molecular weight excluding hydrogens is 230 g/mol. The largest absolute Gasteiger partial charge is 0.300 e. The topological polar surface area (TPSA) is 3.24 Å². The Labute approximate surface area is 116 Å². The van der Waals surface area contributed by atoms with E-state index in [0.29, 0.717) is 5.92 Å². The monoisotopic (exact) mass is 253 g/mol. The fourth-order valence-electron chi connectivity index (χ4n) is 3.31. The van der Waals surface area contributed by atoms with Crippen LogP contribution in [0.3, 0.4) is 0 Å². The zero-order chi connectivity index (χ0) is 13.2. The van der Waals surface area contributed by atoms with Gasteiger partial charge in [-0.15, -0.1) is 0 Å². The summed E-state index contributed by atoms with van der Waals surface area (Å²) in [6, 6.07) is 16.3. The molecule has 100 valence electrons. The number of benzene rings is 2. The van der Waals surface area contributed by atoms with Crippen molar-refractivity contribution in [3.63, 3.8) is 0 Å². The summed E-state index contributed by atoms with van der Waals surface area (Å²) in [5, 5.41) is 2.82. The molecule has 1 aliphatic heterocycles. The second-order valence-corrected chi connectivity index (χ2v) is 5.81. The van der Waals surface area contributed by atoms with Gasteiger partial charge in [0.15, 0.2) is 0 Å². The first kappa shape index (κ1) is 12.7. The minimum Gasteiger partial charge on any atom is -0.300 e.